The Bertz CT molecular complexity index is 1950. The van der Waals surface area contributed by atoms with Crippen LogP contribution in [-0.2, 0) is 47.7 Å². The van der Waals surface area contributed by atoms with Crippen LogP contribution in [0.4, 0.5) is 0 Å². The summed E-state index contributed by atoms with van der Waals surface area (Å²) in [5.74, 6) is -6.85. The normalized spacial score (nSPS) is 35.6. The maximum absolute atomic E-state index is 14.0. The minimum atomic E-state index is -2.29. The van der Waals surface area contributed by atoms with Crippen LogP contribution in [0.25, 0.3) is 0 Å². The Morgan fingerprint density at radius 1 is 0.913 bits per heavy atom. The topological polar surface area (TPSA) is 228 Å². The standard InChI is InChI=1S/C52H81N5O12/c1-32-17-13-11-14-18-33(2)43(65-8)29-40-22-20-38(7)52(64,69-40)50(62)51(63)53-24-16-12-15-19-46(59)68-44(35(4)27-39-21-23-41(45(28-39)66-9)57-55-31-54-56-57)30-42(58)34(3)26-37(6)48(61)49(67-10)47(60)36(5)25-32/h11,13-14,17-18,26,31-32,35-41,43-45,48-49,61,64H,12,15-16,19-25,27-30H2,1-10H3,(H,53,63)/b14-11?,17-13?,33-18?,34-26+. The summed E-state index contributed by atoms with van der Waals surface area (Å²) in [6.45, 7) is 13.0. The highest BCUT2D eigenvalue weighted by Crippen LogP contribution is 2.38. The summed E-state index contributed by atoms with van der Waals surface area (Å²) in [5.41, 5.74) is 1.27. The number of rotatable bonds is 7. The fraction of sp³-hybridized carbons (Fsp3) is 0.731. The molecule has 0 spiro atoms. The van der Waals surface area contributed by atoms with Gasteiger partial charge in [-0.2, -0.15) is 4.80 Å². The number of methoxy groups -OCH3 is 3. The molecule has 14 unspecified atom stereocenters. The van der Waals surface area contributed by atoms with Crippen LogP contribution >= 0.6 is 0 Å². The van der Waals surface area contributed by atoms with Crippen LogP contribution in [0.3, 0.4) is 0 Å². The number of esters is 1. The molecule has 386 valence electrons. The van der Waals surface area contributed by atoms with E-state index in [9.17, 15) is 34.2 Å². The number of carbonyl (C=O) groups excluding carboxylic acids is 5. The Hall–Kier alpha value is -4.26. The van der Waals surface area contributed by atoms with Gasteiger partial charge in [-0.25, -0.2) is 0 Å². The van der Waals surface area contributed by atoms with E-state index in [2.05, 4.69) is 20.7 Å². The van der Waals surface area contributed by atoms with E-state index in [1.54, 1.807) is 45.9 Å². The minimum Gasteiger partial charge on any atom is -0.462 e. The largest absolute Gasteiger partial charge is 0.462 e. The summed E-state index contributed by atoms with van der Waals surface area (Å²) in [5, 5.41) is 37.8. The smallest absolute Gasteiger partial charge is 0.306 e. The van der Waals surface area contributed by atoms with Gasteiger partial charge in [0.25, 0.3) is 11.7 Å². The van der Waals surface area contributed by atoms with Crippen LogP contribution in [-0.4, -0.2) is 130 Å². The Kier molecular flexibility index (Phi) is 23.2. The second kappa shape index (κ2) is 28.0. The molecule has 14 atom stereocenters. The van der Waals surface area contributed by atoms with Crippen LogP contribution in [0, 0.1) is 35.5 Å². The van der Waals surface area contributed by atoms with E-state index in [1.165, 1.54) is 13.4 Å². The third-order valence-corrected chi connectivity index (χ3v) is 14.5. The van der Waals surface area contributed by atoms with Crippen molar-refractivity contribution in [1.82, 2.24) is 25.5 Å². The number of hydrogen-bond acceptors (Lipinski definition) is 15. The number of cyclic esters (lactones) is 1. The van der Waals surface area contributed by atoms with E-state index < -0.39 is 65.6 Å². The first-order chi connectivity index (χ1) is 32.8. The van der Waals surface area contributed by atoms with E-state index in [0.717, 1.165) is 24.8 Å². The van der Waals surface area contributed by atoms with Crippen molar-refractivity contribution in [3.8, 4) is 0 Å². The van der Waals surface area contributed by atoms with Crippen LogP contribution < -0.4 is 5.32 Å². The number of nitrogens with zero attached hydrogens (tertiary/aromatic N) is 4. The number of ketones is 3. The number of allylic oxidation sites excluding steroid dienone is 6. The number of tetrazole rings is 1. The minimum absolute atomic E-state index is 0.0165. The number of hydrogen-bond donors (Lipinski definition) is 3. The van der Waals surface area contributed by atoms with Crippen molar-refractivity contribution in [2.75, 3.05) is 27.9 Å². The van der Waals surface area contributed by atoms with Gasteiger partial charge in [0.2, 0.25) is 5.79 Å². The number of fused-ring (bicyclic) bond motifs is 2. The number of Topliss-reactive ketones (excluding diaryl/α,β-unsaturated/α-hetero) is 3. The predicted octanol–water partition coefficient (Wildman–Crippen LogP) is 6.34. The fourth-order valence-electron chi connectivity index (χ4n) is 10.0. The first-order valence-corrected chi connectivity index (χ1v) is 25.0. The average Bonchev–Trinajstić information content (AvgIpc) is 3.87. The molecule has 1 aliphatic carbocycles. The third-order valence-electron chi connectivity index (χ3n) is 14.5. The molecular formula is C52H81N5O12. The van der Waals surface area contributed by atoms with Crippen molar-refractivity contribution < 1.29 is 57.9 Å². The van der Waals surface area contributed by atoms with Crippen molar-refractivity contribution in [2.45, 2.75) is 180 Å². The number of aliphatic hydroxyl groups is 2. The molecule has 3 N–H and O–H groups in total. The van der Waals surface area contributed by atoms with Gasteiger partial charge in [0.1, 0.15) is 12.2 Å². The Labute approximate surface area is 409 Å². The average molecular weight is 968 g/mol. The zero-order chi connectivity index (χ0) is 50.8. The maximum Gasteiger partial charge on any atom is 0.306 e. The van der Waals surface area contributed by atoms with E-state index in [0.29, 0.717) is 56.9 Å². The zero-order valence-corrected chi connectivity index (χ0v) is 42.7. The Morgan fingerprint density at radius 2 is 1.67 bits per heavy atom. The highest BCUT2D eigenvalue weighted by atomic mass is 16.6. The number of ether oxygens (including phenoxy) is 5. The number of amides is 1. The van der Waals surface area contributed by atoms with Crippen molar-refractivity contribution in [2.24, 2.45) is 35.5 Å². The summed E-state index contributed by atoms with van der Waals surface area (Å²) in [4.78, 5) is 69.3. The van der Waals surface area contributed by atoms with Gasteiger partial charge in [0.05, 0.1) is 30.5 Å². The van der Waals surface area contributed by atoms with E-state index in [1.807, 2.05) is 58.1 Å². The number of carbonyl (C=O) groups is 5. The molecule has 2 aliphatic heterocycles. The Balaban J connectivity index is 1.53. The lowest BCUT2D eigenvalue weighted by molar-refractivity contribution is -0.264. The number of nitrogens with one attached hydrogen (secondary N) is 1. The molecule has 2 bridgehead atoms. The number of aromatic nitrogens is 4. The molecular weight excluding hydrogens is 887 g/mol. The van der Waals surface area contributed by atoms with Gasteiger partial charge in [-0.15, -0.1) is 10.2 Å². The van der Waals surface area contributed by atoms with Gasteiger partial charge in [0.15, 0.2) is 17.9 Å². The van der Waals surface area contributed by atoms with E-state index in [-0.39, 0.29) is 67.0 Å². The van der Waals surface area contributed by atoms with Crippen LogP contribution in [0.5, 0.6) is 0 Å². The molecule has 1 saturated carbocycles. The molecule has 17 nitrogen and oxygen atoms in total. The second-order valence-electron chi connectivity index (χ2n) is 20.0. The molecule has 1 aromatic rings. The first-order valence-electron chi connectivity index (χ1n) is 25.0. The molecule has 4 rings (SSSR count). The summed E-state index contributed by atoms with van der Waals surface area (Å²) in [6.07, 6.45) is 14.8. The summed E-state index contributed by atoms with van der Waals surface area (Å²) < 4.78 is 29.4. The quantitative estimate of drug-likeness (QED) is 0.200. The van der Waals surface area contributed by atoms with Crippen molar-refractivity contribution >= 4 is 29.2 Å². The van der Waals surface area contributed by atoms with Gasteiger partial charge in [-0.1, -0.05) is 77.5 Å². The van der Waals surface area contributed by atoms with Crippen molar-refractivity contribution in [3.63, 3.8) is 0 Å². The summed E-state index contributed by atoms with van der Waals surface area (Å²) in [7, 11) is 4.65. The van der Waals surface area contributed by atoms with Crippen LogP contribution in [0.1, 0.15) is 138 Å². The first kappa shape index (κ1) is 57.3. The van der Waals surface area contributed by atoms with Crippen molar-refractivity contribution in [1.29, 1.82) is 0 Å². The molecule has 17 heteroatoms. The lowest BCUT2D eigenvalue weighted by Gasteiger charge is -2.41. The van der Waals surface area contributed by atoms with Gasteiger partial charge in [0, 0.05) is 64.9 Å². The molecule has 69 heavy (non-hydrogen) atoms. The molecule has 0 aromatic carbocycles. The highest BCUT2D eigenvalue weighted by molar-refractivity contribution is 6.38. The van der Waals surface area contributed by atoms with Gasteiger partial charge in [-0.05, 0) is 106 Å². The summed E-state index contributed by atoms with van der Waals surface area (Å²) in [6, 6.07) is -0.0586. The van der Waals surface area contributed by atoms with Gasteiger partial charge in [-0.3, -0.25) is 24.0 Å². The fourth-order valence-corrected chi connectivity index (χ4v) is 10.0. The highest BCUT2D eigenvalue weighted by Gasteiger charge is 2.50. The predicted molar refractivity (Wildman–Crippen MR) is 258 cm³/mol. The lowest BCUT2D eigenvalue weighted by atomic mass is 9.78. The number of aliphatic hydroxyl groups excluding tert-OH is 1. The third kappa shape index (κ3) is 16.7. The summed E-state index contributed by atoms with van der Waals surface area (Å²) >= 11 is 0. The molecule has 2 fully saturated rings. The second-order valence-corrected chi connectivity index (χ2v) is 20.0. The molecule has 1 aromatic heterocycles. The molecule has 0 radical (unpaired) electrons. The lowest BCUT2D eigenvalue weighted by Crippen LogP contribution is -2.57. The zero-order valence-electron chi connectivity index (χ0n) is 42.7. The molecule has 3 aliphatic rings. The molecule has 1 saturated heterocycles. The molecule has 1 amide bonds. The van der Waals surface area contributed by atoms with Crippen LogP contribution in [0.15, 0.2) is 53.9 Å². The van der Waals surface area contributed by atoms with E-state index in [4.69, 9.17) is 23.7 Å². The monoisotopic (exact) mass is 968 g/mol. The van der Waals surface area contributed by atoms with E-state index >= 15 is 0 Å². The Morgan fingerprint density at radius 3 is 2.35 bits per heavy atom. The van der Waals surface area contributed by atoms with Crippen molar-refractivity contribution in [3.05, 3.63) is 53.9 Å². The van der Waals surface area contributed by atoms with Crippen LogP contribution in [0.2, 0.25) is 0 Å². The van der Waals surface area contributed by atoms with Gasteiger partial charge < -0.3 is 39.2 Å². The molecule has 3 heterocycles. The SMILES string of the molecule is COC1CC2CCC(C)C(O)(O2)C(=O)C(=O)NCCCCCC(=O)OC(C(C)CC2CCC(n3ncnn3)C(OC)C2)CC(=O)/C(C)=C/C(C)C(O)C(OC)C(=O)C(C)CC(C)C=CC=CC=C1C. The maximum atomic E-state index is 14.0. The van der Waals surface area contributed by atoms with Gasteiger partial charge >= 0.3 is 5.97 Å².